The maximum absolute atomic E-state index is 11.7. The van der Waals surface area contributed by atoms with Crippen LogP contribution in [0.2, 0.25) is 0 Å². The zero-order chi connectivity index (χ0) is 11.2. The Morgan fingerprint density at radius 3 is 2.60 bits per heavy atom. The Bertz CT molecular complexity index is 272. The van der Waals surface area contributed by atoms with Crippen LogP contribution in [0.1, 0.15) is 46.5 Å². The number of fused-ring (bicyclic) bond motifs is 2. The molecule has 0 aromatic rings. The van der Waals surface area contributed by atoms with E-state index in [0.29, 0.717) is 23.5 Å². The number of hydrogen-bond acceptors (Lipinski definition) is 2. The Balaban J connectivity index is 2.18. The van der Waals surface area contributed by atoms with Gasteiger partial charge in [-0.2, -0.15) is 0 Å². The van der Waals surface area contributed by atoms with Crippen molar-refractivity contribution in [2.75, 3.05) is 0 Å². The first-order chi connectivity index (χ1) is 6.92. The van der Waals surface area contributed by atoms with Crippen LogP contribution in [0.5, 0.6) is 0 Å². The van der Waals surface area contributed by atoms with Gasteiger partial charge in [0.15, 0.2) is 0 Å². The Kier molecular flexibility index (Phi) is 2.66. The Labute approximate surface area is 92.1 Å². The fourth-order valence-electron chi connectivity index (χ4n) is 3.75. The third-order valence-corrected chi connectivity index (χ3v) is 4.71. The molecule has 86 valence electrons. The number of carbonyl (C=O) groups is 1. The van der Waals surface area contributed by atoms with Crippen LogP contribution in [-0.2, 0) is 4.79 Å². The summed E-state index contributed by atoms with van der Waals surface area (Å²) in [6.07, 6.45) is 3.98. The fourth-order valence-corrected chi connectivity index (χ4v) is 3.75. The van der Waals surface area contributed by atoms with Gasteiger partial charge in [0.1, 0.15) is 5.78 Å². The lowest BCUT2D eigenvalue weighted by atomic mass is 9.57. The van der Waals surface area contributed by atoms with Gasteiger partial charge >= 0.3 is 0 Å². The normalized spacial score (nSPS) is 50.1. The van der Waals surface area contributed by atoms with E-state index < -0.39 is 0 Å². The molecule has 0 aliphatic heterocycles. The maximum atomic E-state index is 11.7. The summed E-state index contributed by atoms with van der Waals surface area (Å²) in [5.74, 6) is 1.75. The van der Waals surface area contributed by atoms with Crippen LogP contribution >= 0.6 is 0 Å². The zero-order valence-corrected chi connectivity index (χ0v) is 9.99. The Morgan fingerprint density at radius 2 is 2.00 bits per heavy atom. The van der Waals surface area contributed by atoms with E-state index in [9.17, 15) is 9.90 Å². The third-order valence-electron chi connectivity index (χ3n) is 4.71. The van der Waals surface area contributed by atoms with Gasteiger partial charge < -0.3 is 5.11 Å². The predicted molar refractivity (Wildman–Crippen MR) is 59.4 cm³/mol. The highest BCUT2D eigenvalue weighted by Crippen LogP contribution is 2.50. The fraction of sp³-hybridized carbons (Fsp3) is 0.923. The van der Waals surface area contributed by atoms with Gasteiger partial charge in [0.25, 0.3) is 0 Å². The second-order valence-corrected chi connectivity index (χ2v) is 6.09. The lowest BCUT2D eigenvalue weighted by molar-refractivity contribution is -0.134. The maximum Gasteiger partial charge on any atom is 0.135 e. The molecule has 0 aromatic carbocycles. The first kappa shape index (κ1) is 11.1. The van der Waals surface area contributed by atoms with Gasteiger partial charge in [-0.25, -0.2) is 0 Å². The molecule has 2 heteroatoms. The molecular weight excluding hydrogens is 188 g/mol. The molecule has 0 spiro atoms. The number of ketones is 1. The molecule has 1 N–H and O–H groups in total. The van der Waals surface area contributed by atoms with E-state index in [1.165, 1.54) is 0 Å². The van der Waals surface area contributed by atoms with E-state index in [0.717, 1.165) is 25.7 Å². The lowest BCUT2D eigenvalue weighted by Crippen LogP contribution is -2.46. The quantitative estimate of drug-likeness (QED) is 0.721. The minimum atomic E-state index is -0.180. The molecule has 0 aromatic heterocycles. The van der Waals surface area contributed by atoms with Crippen LogP contribution in [0.25, 0.3) is 0 Å². The highest BCUT2D eigenvalue weighted by atomic mass is 16.3. The summed E-state index contributed by atoms with van der Waals surface area (Å²) in [5.41, 5.74) is -0.158. The number of aliphatic hydroxyl groups excluding tert-OH is 1. The molecule has 0 saturated heterocycles. The number of Topliss-reactive ketones (excluding diaryl/α,β-unsaturated/α-hetero) is 1. The van der Waals surface area contributed by atoms with E-state index >= 15 is 0 Å². The number of rotatable bonds is 1. The zero-order valence-electron chi connectivity index (χ0n) is 9.99. The molecule has 0 amide bonds. The molecule has 2 bridgehead atoms. The van der Waals surface area contributed by atoms with E-state index in [4.69, 9.17) is 0 Å². The van der Waals surface area contributed by atoms with Crippen LogP contribution < -0.4 is 0 Å². The minimum Gasteiger partial charge on any atom is -0.393 e. The highest BCUT2D eigenvalue weighted by Gasteiger charge is 2.46. The minimum absolute atomic E-state index is 0.158. The van der Waals surface area contributed by atoms with Crippen molar-refractivity contribution >= 4 is 5.78 Å². The molecule has 2 aliphatic carbocycles. The van der Waals surface area contributed by atoms with Crippen molar-refractivity contribution in [3.05, 3.63) is 0 Å². The van der Waals surface area contributed by atoms with Gasteiger partial charge in [-0.05, 0) is 50.4 Å². The van der Waals surface area contributed by atoms with E-state index in [2.05, 4.69) is 13.8 Å². The highest BCUT2D eigenvalue weighted by molar-refractivity contribution is 5.82. The van der Waals surface area contributed by atoms with Crippen molar-refractivity contribution in [1.29, 1.82) is 0 Å². The van der Waals surface area contributed by atoms with Crippen LogP contribution in [0.4, 0.5) is 0 Å². The molecule has 0 heterocycles. The lowest BCUT2D eigenvalue weighted by Gasteiger charge is -2.48. The number of hydrogen-bond donors (Lipinski definition) is 1. The van der Waals surface area contributed by atoms with Gasteiger partial charge in [0, 0.05) is 5.41 Å². The number of aliphatic hydroxyl groups is 1. The Morgan fingerprint density at radius 1 is 1.33 bits per heavy atom. The van der Waals surface area contributed by atoms with Crippen LogP contribution in [0, 0.1) is 23.2 Å². The standard InChI is InChI=1S/C13H22O2/c1-8-4-10-5-11(12(8)15)7-13(3,6-10)9(2)14/h8,10-12,15H,4-7H2,1-3H3. The SMILES string of the molecule is CC(=O)C1(C)CC2CC(C)C(O)C(C2)C1. The molecule has 2 fully saturated rings. The molecule has 2 nitrogen and oxygen atoms in total. The van der Waals surface area contributed by atoms with Gasteiger partial charge in [0.05, 0.1) is 6.10 Å². The first-order valence-electron chi connectivity index (χ1n) is 6.11. The van der Waals surface area contributed by atoms with E-state index in [1.54, 1.807) is 6.92 Å². The summed E-state index contributed by atoms with van der Waals surface area (Å²) < 4.78 is 0. The second kappa shape index (κ2) is 3.58. The van der Waals surface area contributed by atoms with Crippen molar-refractivity contribution in [2.45, 2.75) is 52.6 Å². The number of carbonyl (C=O) groups excluding carboxylic acids is 1. The molecule has 15 heavy (non-hydrogen) atoms. The van der Waals surface area contributed by atoms with Crippen LogP contribution in [0.3, 0.4) is 0 Å². The second-order valence-electron chi connectivity index (χ2n) is 6.09. The molecule has 5 atom stereocenters. The first-order valence-corrected chi connectivity index (χ1v) is 6.11. The van der Waals surface area contributed by atoms with Gasteiger partial charge in [-0.3, -0.25) is 4.79 Å². The Hall–Kier alpha value is -0.370. The summed E-state index contributed by atoms with van der Waals surface area (Å²) in [6, 6.07) is 0. The largest absolute Gasteiger partial charge is 0.393 e. The molecule has 2 aliphatic rings. The van der Waals surface area contributed by atoms with Crippen molar-refractivity contribution in [3.8, 4) is 0 Å². The van der Waals surface area contributed by atoms with Crippen molar-refractivity contribution in [3.63, 3.8) is 0 Å². The average molecular weight is 210 g/mol. The molecule has 2 saturated carbocycles. The van der Waals surface area contributed by atoms with Crippen molar-refractivity contribution in [1.82, 2.24) is 0 Å². The molecular formula is C13H22O2. The predicted octanol–water partition coefficient (Wildman–Crippen LogP) is 2.40. The van der Waals surface area contributed by atoms with E-state index in [1.807, 2.05) is 0 Å². The van der Waals surface area contributed by atoms with Crippen molar-refractivity contribution < 1.29 is 9.90 Å². The smallest absolute Gasteiger partial charge is 0.135 e. The van der Waals surface area contributed by atoms with Crippen LogP contribution in [-0.4, -0.2) is 17.0 Å². The van der Waals surface area contributed by atoms with Gasteiger partial charge in [-0.1, -0.05) is 13.8 Å². The summed E-state index contributed by atoms with van der Waals surface area (Å²) in [6.45, 7) is 5.92. The average Bonchev–Trinajstić information content (AvgIpc) is 2.13. The molecule has 2 rings (SSSR count). The summed E-state index contributed by atoms with van der Waals surface area (Å²) >= 11 is 0. The van der Waals surface area contributed by atoms with E-state index in [-0.39, 0.29) is 11.5 Å². The monoisotopic (exact) mass is 210 g/mol. The molecule has 0 radical (unpaired) electrons. The van der Waals surface area contributed by atoms with Crippen molar-refractivity contribution in [2.24, 2.45) is 23.2 Å². The topological polar surface area (TPSA) is 37.3 Å². The summed E-state index contributed by atoms with van der Waals surface area (Å²) in [7, 11) is 0. The summed E-state index contributed by atoms with van der Waals surface area (Å²) in [5, 5.41) is 10.1. The van der Waals surface area contributed by atoms with Crippen LogP contribution in [0.15, 0.2) is 0 Å². The van der Waals surface area contributed by atoms with Gasteiger partial charge in [-0.15, -0.1) is 0 Å². The summed E-state index contributed by atoms with van der Waals surface area (Å²) in [4.78, 5) is 11.7. The molecule has 5 unspecified atom stereocenters. The third kappa shape index (κ3) is 1.84. The van der Waals surface area contributed by atoms with Gasteiger partial charge in [0.2, 0.25) is 0 Å².